The van der Waals surface area contributed by atoms with Gasteiger partial charge in [-0.05, 0) is 46.8 Å². The van der Waals surface area contributed by atoms with Gasteiger partial charge in [-0.1, -0.05) is 163 Å². The number of aromatic amines is 1. The van der Waals surface area contributed by atoms with E-state index in [1.165, 1.54) is 33.3 Å². The number of anilines is 1. The topological polar surface area (TPSA) is 59.0 Å². The number of nitrogens with zero attached hydrogens (tertiary/aromatic N) is 4. The van der Waals surface area contributed by atoms with Crippen molar-refractivity contribution in [2.45, 2.75) is 98.8 Å². The Hall–Kier alpha value is -4.35. The molecule has 0 saturated carbocycles. The van der Waals surface area contributed by atoms with Crippen molar-refractivity contribution in [1.29, 1.82) is 0 Å². The molecule has 2 aromatic heterocycles. The number of hydrogen-bond acceptors (Lipinski definition) is 4. The summed E-state index contributed by atoms with van der Waals surface area (Å²) >= 11 is 0. The van der Waals surface area contributed by atoms with E-state index in [0.29, 0.717) is 29.3 Å². The largest absolute Gasteiger partial charge is 2.00 e. The van der Waals surface area contributed by atoms with Crippen LogP contribution in [0.15, 0.2) is 79.3 Å². The number of fused-ring (bicyclic) bond motifs is 10. The second kappa shape index (κ2) is 14.3. The third kappa shape index (κ3) is 6.41. The van der Waals surface area contributed by atoms with Crippen molar-refractivity contribution in [2.24, 2.45) is 5.92 Å². The van der Waals surface area contributed by atoms with Gasteiger partial charge < -0.3 is 19.0 Å². The Morgan fingerprint density at radius 2 is 1.47 bits per heavy atom. The summed E-state index contributed by atoms with van der Waals surface area (Å²) in [6, 6.07) is 29.4. The molecule has 4 heterocycles. The van der Waals surface area contributed by atoms with Crippen LogP contribution in [0.5, 0.6) is 11.5 Å². The van der Waals surface area contributed by atoms with E-state index >= 15 is 0 Å². The molecule has 8 rings (SSSR count). The van der Waals surface area contributed by atoms with Crippen LogP contribution in [0.25, 0.3) is 33.9 Å². The molecule has 8 heteroatoms. The van der Waals surface area contributed by atoms with Crippen LogP contribution < -0.4 is 15.0 Å². The zero-order valence-corrected chi connectivity index (χ0v) is 36.3. The fourth-order valence-electron chi connectivity index (χ4n) is 8.54. The first-order valence-electron chi connectivity index (χ1n) is 19.6. The Morgan fingerprint density at radius 1 is 0.800 bits per heavy atom. The van der Waals surface area contributed by atoms with Gasteiger partial charge in [0.15, 0.2) is 0 Å². The van der Waals surface area contributed by atoms with E-state index in [4.69, 9.17) is 14.7 Å². The molecule has 0 radical (unpaired) electrons. The van der Waals surface area contributed by atoms with E-state index in [2.05, 4.69) is 157 Å². The summed E-state index contributed by atoms with van der Waals surface area (Å²) in [7, 11) is 0. The van der Waals surface area contributed by atoms with Gasteiger partial charge in [0.25, 0.3) is 0 Å². The van der Waals surface area contributed by atoms with Crippen molar-refractivity contribution in [3.63, 3.8) is 0 Å². The number of nitrogens with one attached hydrogen (secondary N) is 1. The Morgan fingerprint density at radius 3 is 2.15 bits per heavy atom. The number of H-pyrrole nitrogens is 1. The fraction of sp³-hybridized carbons (Fsp3) is 0.362. The van der Waals surface area contributed by atoms with Gasteiger partial charge >= 0.3 is 28.0 Å². The minimum atomic E-state index is -0.199. The van der Waals surface area contributed by atoms with E-state index in [9.17, 15) is 0 Å². The molecule has 2 aliphatic heterocycles. The van der Waals surface area contributed by atoms with Crippen LogP contribution in [-0.4, -0.2) is 33.0 Å². The van der Waals surface area contributed by atoms with Crippen molar-refractivity contribution in [3.05, 3.63) is 119 Å². The smallest absolute Gasteiger partial charge is 0.497 e. The number of hydrogen-bond donors (Lipinski definition) is 1. The summed E-state index contributed by atoms with van der Waals surface area (Å²) < 4.78 is 9.00. The van der Waals surface area contributed by atoms with E-state index in [1.807, 2.05) is 24.5 Å². The van der Waals surface area contributed by atoms with Crippen molar-refractivity contribution in [2.75, 3.05) is 11.4 Å². The van der Waals surface area contributed by atoms with Gasteiger partial charge in [0.05, 0.1) is 5.82 Å². The summed E-state index contributed by atoms with van der Waals surface area (Å²) in [6.07, 6.45) is 6.04. The van der Waals surface area contributed by atoms with Crippen LogP contribution in [0.3, 0.4) is 0 Å². The quantitative estimate of drug-likeness (QED) is 0.128. The molecule has 4 aromatic carbocycles. The first-order chi connectivity index (χ1) is 25.7. The van der Waals surface area contributed by atoms with Gasteiger partial charge in [-0.25, -0.2) is 0 Å². The molecular weight excluding hydrogens is 856 g/mol. The average Bonchev–Trinajstić information content (AvgIpc) is 3.83. The molecule has 55 heavy (non-hydrogen) atoms. The Bertz CT molecular complexity index is 2360. The molecule has 0 saturated heterocycles. The summed E-state index contributed by atoms with van der Waals surface area (Å²) in [5.74, 6) is 4.10. The van der Waals surface area contributed by atoms with E-state index < -0.39 is 0 Å². The maximum Gasteiger partial charge on any atom is 2.00 e. The number of imidazole rings is 2. The molecule has 0 spiro atoms. The van der Waals surface area contributed by atoms with Crippen molar-refractivity contribution in [3.8, 4) is 45.4 Å². The number of ether oxygens (including phenoxy) is 1. The number of aryl methyl sites for hydroxylation is 1. The van der Waals surface area contributed by atoms with Gasteiger partial charge in [0.2, 0.25) is 0 Å². The first-order valence-corrected chi connectivity index (χ1v) is 19.6. The average molecular weight is 909 g/mol. The van der Waals surface area contributed by atoms with Crippen molar-refractivity contribution >= 4 is 18.1 Å². The van der Waals surface area contributed by atoms with Crippen LogP contribution >= 0.6 is 0 Å². The SMILES string of the molecule is Cc1ccc2cc1-c1ccc(Oc3[c-]c4c(cc3)N(CC(C)C)B(c3c(C(C)C)cccc3C(C)C)n3ccnc3-4)[c-]c1-c1ncc([nH]1)C(C)(C)C2(C)C.[Pt+2]. The molecule has 6 nitrogen and oxygen atoms in total. The van der Waals surface area contributed by atoms with E-state index in [0.717, 1.165) is 46.3 Å². The fourth-order valence-corrected chi connectivity index (χ4v) is 8.54. The molecular formula is C47H52BN5OPt. The van der Waals surface area contributed by atoms with Crippen molar-refractivity contribution < 1.29 is 25.8 Å². The predicted octanol–water partition coefficient (Wildman–Crippen LogP) is 10.8. The second-order valence-electron chi connectivity index (χ2n) is 17.5. The Kier molecular flexibility index (Phi) is 10.1. The zero-order chi connectivity index (χ0) is 38.3. The van der Waals surface area contributed by atoms with Crippen LogP contribution in [0.1, 0.15) is 109 Å². The number of rotatable bonds is 7. The van der Waals surface area contributed by atoms with Crippen LogP contribution in [-0.2, 0) is 31.9 Å². The van der Waals surface area contributed by atoms with Gasteiger partial charge in [-0.3, -0.25) is 9.97 Å². The molecule has 6 aromatic rings. The van der Waals surface area contributed by atoms with Crippen LogP contribution in [0.4, 0.5) is 5.69 Å². The molecule has 4 bridgehead atoms. The standard InChI is InChI=1S/C47H52BN5O.Pt/c1-28(2)27-53-41-20-18-34(25-40(41)45-49-21-22-52(45)48(53)43-35(29(3)4)13-12-14-36(43)30(5)6)54-33-17-19-37-38-23-32(16-15-31(38)7)46(8,9)47(10,11)42-26-50-44(51-42)39(37)24-33;/h12-23,26,28-30H,27H2,1-11H3,(H,50,51);/q-2;+2. The summed E-state index contributed by atoms with van der Waals surface area (Å²) in [4.78, 5) is 16.1. The number of aromatic nitrogens is 4. The Labute approximate surface area is 342 Å². The molecule has 0 fully saturated rings. The summed E-state index contributed by atoms with van der Waals surface area (Å²) in [5.41, 5.74) is 12.6. The summed E-state index contributed by atoms with van der Waals surface area (Å²) in [6.45, 7) is 26.0. The van der Waals surface area contributed by atoms with Gasteiger partial charge in [-0.15, -0.1) is 12.1 Å². The predicted molar refractivity (Wildman–Crippen MR) is 223 cm³/mol. The summed E-state index contributed by atoms with van der Waals surface area (Å²) in [5, 5.41) is 0. The molecule has 284 valence electrons. The molecule has 2 aliphatic rings. The molecule has 0 aliphatic carbocycles. The second-order valence-corrected chi connectivity index (χ2v) is 17.5. The normalized spacial score (nSPS) is 15.1. The minimum Gasteiger partial charge on any atom is -0.497 e. The number of benzene rings is 4. The van der Waals surface area contributed by atoms with Crippen molar-refractivity contribution in [1.82, 2.24) is 19.4 Å². The maximum absolute atomic E-state index is 6.66. The van der Waals surface area contributed by atoms with Crippen LogP contribution in [0, 0.1) is 25.0 Å². The first kappa shape index (κ1) is 38.9. The monoisotopic (exact) mass is 908 g/mol. The maximum atomic E-state index is 6.66. The molecule has 0 amide bonds. The van der Waals surface area contributed by atoms with Gasteiger partial charge in [0.1, 0.15) is 0 Å². The Balaban J connectivity index is 0.00000465. The van der Waals surface area contributed by atoms with Gasteiger partial charge in [0, 0.05) is 59.0 Å². The molecule has 0 atom stereocenters. The third-order valence-corrected chi connectivity index (χ3v) is 12.3. The zero-order valence-electron chi connectivity index (χ0n) is 34.0. The molecule has 1 N–H and O–H groups in total. The van der Waals surface area contributed by atoms with E-state index in [1.54, 1.807) is 0 Å². The van der Waals surface area contributed by atoms with E-state index in [-0.39, 0.29) is 38.9 Å². The minimum absolute atomic E-state index is 0. The van der Waals surface area contributed by atoms with Crippen LogP contribution in [0.2, 0.25) is 0 Å². The molecule has 0 unspecified atom stereocenters. The van der Waals surface area contributed by atoms with Gasteiger partial charge in [-0.2, -0.15) is 0 Å². The third-order valence-electron chi connectivity index (χ3n) is 12.3.